The number of nitrogens with two attached hydrogens (primary N) is 1. The Bertz CT molecular complexity index is 643. The van der Waals surface area contributed by atoms with Crippen molar-refractivity contribution < 1.29 is 0 Å². The van der Waals surface area contributed by atoms with Gasteiger partial charge in [-0.05, 0) is 18.7 Å². The Kier molecular flexibility index (Phi) is 2.04. The first-order valence-corrected chi connectivity index (χ1v) is 5.18. The lowest BCUT2D eigenvalue weighted by atomic mass is 10.3. The molecule has 0 aliphatic rings. The molecule has 3 aromatic rings. The van der Waals surface area contributed by atoms with Gasteiger partial charge in [-0.1, -0.05) is 12.1 Å². The van der Waals surface area contributed by atoms with Gasteiger partial charge in [0.1, 0.15) is 5.82 Å². The quantitative estimate of drug-likeness (QED) is 0.683. The predicted molar refractivity (Wildman–Crippen MR) is 61.0 cm³/mol. The molecule has 0 radical (unpaired) electrons. The zero-order valence-electron chi connectivity index (χ0n) is 8.67. The molecule has 3 rings (SSSR count). The Hall–Kier alpha value is -2.01. The highest BCUT2D eigenvalue weighted by molar-refractivity contribution is 5.77. The normalized spacial score (nSPS) is 11.3. The van der Waals surface area contributed by atoms with Gasteiger partial charge in [-0.3, -0.25) is 9.38 Å². The highest BCUT2D eigenvalue weighted by atomic mass is 15.3. The lowest BCUT2D eigenvalue weighted by molar-refractivity contribution is 0.856. The summed E-state index contributed by atoms with van der Waals surface area (Å²) in [7, 11) is 0. The summed E-state index contributed by atoms with van der Waals surface area (Å²) in [6.07, 6.45) is 2.45. The highest BCUT2D eigenvalue weighted by Crippen LogP contribution is 2.14. The third-order valence-electron chi connectivity index (χ3n) is 2.56. The maximum absolute atomic E-state index is 5.56. The van der Waals surface area contributed by atoms with Crippen molar-refractivity contribution in [3.8, 4) is 0 Å². The van der Waals surface area contributed by atoms with Crippen molar-refractivity contribution in [1.82, 2.24) is 19.6 Å². The largest absolute Gasteiger partial charge is 0.330 e. The zero-order valence-corrected chi connectivity index (χ0v) is 8.67. The number of fused-ring (bicyclic) bond motifs is 3. The molecule has 0 bridgehead atoms. The fourth-order valence-corrected chi connectivity index (χ4v) is 1.86. The first-order valence-electron chi connectivity index (χ1n) is 5.18. The summed E-state index contributed by atoms with van der Waals surface area (Å²) >= 11 is 0. The fraction of sp³-hybridized carbons (Fsp3) is 0.182. The minimum Gasteiger partial charge on any atom is -0.330 e. The van der Waals surface area contributed by atoms with Crippen LogP contribution in [0.15, 0.2) is 30.5 Å². The lowest BCUT2D eigenvalue weighted by Crippen LogP contribution is -2.06. The molecule has 2 N–H and O–H groups in total. The van der Waals surface area contributed by atoms with Gasteiger partial charge in [0, 0.05) is 6.42 Å². The fourth-order valence-electron chi connectivity index (χ4n) is 1.86. The van der Waals surface area contributed by atoms with Crippen molar-refractivity contribution >= 4 is 16.7 Å². The van der Waals surface area contributed by atoms with E-state index in [2.05, 4.69) is 15.2 Å². The minimum atomic E-state index is 0.567. The third kappa shape index (κ3) is 1.25. The summed E-state index contributed by atoms with van der Waals surface area (Å²) in [5.74, 6) is 0.885. The SMILES string of the molecule is NCCc1nnc2cnc3ccccc3n12. The molecule has 0 saturated heterocycles. The van der Waals surface area contributed by atoms with Crippen molar-refractivity contribution in [3.63, 3.8) is 0 Å². The molecule has 0 aliphatic carbocycles. The van der Waals surface area contributed by atoms with Gasteiger partial charge >= 0.3 is 0 Å². The van der Waals surface area contributed by atoms with Gasteiger partial charge in [0.2, 0.25) is 0 Å². The third-order valence-corrected chi connectivity index (χ3v) is 2.56. The van der Waals surface area contributed by atoms with E-state index in [1.807, 2.05) is 28.7 Å². The van der Waals surface area contributed by atoms with Crippen LogP contribution in [0.4, 0.5) is 0 Å². The average molecular weight is 213 g/mol. The molecule has 0 spiro atoms. The number of hydrogen-bond acceptors (Lipinski definition) is 4. The van der Waals surface area contributed by atoms with Crippen molar-refractivity contribution in [1.29, 1.82) is 0 Å². The Morgan fingerprint density at radius 1 is 1.19 bits per heavy atom. The molecule has 16 heavy (non-hydrogen) atoms. The molecule has 1 aromatic carbocycles. The minimum absolute atomic E-state index is 0.567. The van der Waals surface area contributed by atoms with Crippen LogP contribution in [0, 0.1) is 0 Å². The Balaban J connectivity index is 2.42. The number of benzene rings is 1. The Morgan fingerprint density at radius 2 is 2.06 bits per heavy atom. The summed E-state index contributed by atoms with van der Waals surface area (Å²) in [6, 6.07) is 7.93. The van der Waals surface area contributed by atoms with Crippen molar-refractivity contribution in [2.45, 2.75) is 6.42 Å². The van der Waals surface area contributed by atoms with Gasteiger partial charge in [0.25, 0.3) is 0 Å². The van der Waals surface area contributed by atoms with Crippen LogP contribution >= 0.6 is 0 Å². The first-order chi connectivity index (χ1) is 7.90. The van der Waals surface area contributed by atoms with Crippen LogP contribution in [0.25, 0.3) is 16.7 Å². The van der Waals surface area contributed by atoms with E-state index in [1.165, 1.54) is 0 Å². The molecule has 0 aliphatic heterocycles. The number of aromatic nitrogens is 4. The van der Waals surface area contributed by atoms with E-state index >= 15 is 0 Å². The summed E-state index contributed by atoms with van der Waals surface area (Å²) in [5, 5.41) is 8.21. The van der Waals surface area contributed by atoms with Crippen molar-refractivity contribution in [2.24, 2.45) is 5.73 Å². The molecule has 0 fully saturated rings. The maximum Gasteiger partial charge on any atom is 0.179 e. The lowest BCUT2D eigenvalue weighted by Gasteiger charge is -2.02. The molecule has 5 heteroatoms. The molecule has 2 aromatic heterocycles. The van der Waals surface area contributed by atoms with Crippen molar-refractivity contribution in [3.05, 3.63) is 36.3 Å². The van der Waals surface area contributed by atoms with E-state index in [9.17, 15) is 0 Å². The average Bonchev–Trinajstić information content (AvgIpc) is 2.73. The van der Waals surface area contributed by atoms with Gasteiger partial charge in [0.05, 0.1) is 17.2 Å². The molecule has 5 nitrogen and oxygen atoms in total. The van der Waals surface area contributed by atoms with Gasteiger partial charge in [-0.2, -0.15) is 0 Å². The van der Waals surface area contributed by atoms with E-state index < -0.39 is 0 Å². The van der Waals surface area contributed by atoms with Crippen LogP contribution < -0.4 is 5.73 Å². The second-order valence-corrected chi connectivity index (χ2v) is 3.60. The molecule has 0 unspecified atom stereocenters. The van der Waals surface area contributed by atoms with Crippen LogP contribution in [-0.4, -0.2) is 26.1 Å². The van der Waals surface area contributed by atoms with Gasteiger partial charge in [0.15, 0.2) is 5.65 Å². The zero-order chi connectivity index (χ0) is 11.0. The molecular weight excluding hydrogens is 202 g/mol. The van der Waals surface area contributed by atoms with Crippen LogP contribution in [-0.2, 0) is 6.42 Å². The molecule has 0 saturated carbocycles. The molecule has 0 amide bonds. The predicted octanol–water partition coefficient (Wildman–Crippen LogP) is 0.779. The molecular formula is C11H11N5. The summed E-state index contributed by atoms with van der Waals surface area (Å²) in [6.45, 7) is 0.567. The van der Waals surface area contributed by atoms with Gasteiger partial charge < -0.3 is 5.73 Å². The first kappa shape index (κ1) is 9.23. The van der Waals surface area contributed by atoms with Gasteiger partial charge in [-0.15, -0.1) is 10.2 Å². The molecule has 80 valence electrons. The Labute approximate surface area is 91.9 Å². The summed E-state index contributed by atoms with van der Waals surface area (Å²) in [5.41, 5.74) is 8.28. The maximum atomic E-state index is 5.56. The second kappa shape index (κ2) is 3.53. The van der Waals surface area contributed by atoms with Gasteiger partial charge in [-0.25, -0.2) is 0 Å². The number of hydrogen-bond donors (Lipinski definition) is 1. The van der Waals surface area contributed by atoms with E-state index in [1.54, 1.807) is 6.20 Å². The standard InChI is InChI=1S/C11H11N5/c12-6-5-10-14-15-11-7-13-8-3-1-2-4-9(8)16(10)11/h1-4,7H,5-6,12H2. The second-order valence-electron chi connectivity index (χ2n) is 3.60. The summed E-state index contributed by atoms with van der Waals surface area (Å²) in [4.78, 5) is 4.33. The number of rotatable bonds is 2. The van der Waals surface area contributed by atoms with E-state index in [4.69, 9.17) is 5.73 Å². The van der Waals surface area contributed by atoms with Crippen LogP contribution in [0.5, 0.6) is 0 Å². The van der Waals surface area contributed by atoms with E-state index in [0.717, 1.165) is 28.9 Å². The van der Waals surface area contributed by atoms with Crippen molar-refractivity contribution in [2.75, 3.05) is 6.54 Å². The van der Waals surface area contributed by atoms with Crippen LogP contribution in [0.3, 0.4) is 0 Å². The number of para-hydroxylation sites is 2. The summed E-state index contributed by atoms with van der Waals surface area (Å²) < 4.78 is 2.01. The topological polar surface area (TPSA) is 69.1 Å². The monoisotopic (exact) mass is 213 g/mol. The highest BCUT2D eigenvalue weighted by Gasteiger charge is 2.07. The van der Waals surface area contributed by atoms with E-state index in [0.29, 0.717) is 6.54 Å². The van der Waals surface area contributed by atoms with E-state index in [-0.39, 0.29) is 0 Å². The van der Waals surface area contributed by atoms with Crippen LogP contribution in [0.1, 0.15) is 5.82 Å². The van der Waals surface area contributed by atoms with Crippen LogP contribution in [0.2, 0.25) is 0 Å². The Morgan fingerprint density at radius 3 is 2.94 bits per heavy atom. The smallest absolute Gasteiger partial charge is 0.179 e. The number of nitrogens with zero attached hydrogens (tertiary/aromatic N) is 4. The molecule has 2 heterocycles. The molecule has 0 atom stereocenters.